The van der Waals surface area contributed by atoms with Crippen molar-refractivity contribution in [2.75, 3.05) is 52.9 Å². The Bertz CT molecular complexity index is 175. The Morgan fingerprint density at radius 2 is 1.78 bits per heavy atom. The van der Waals surface area contributed by atoms with E-state index < -0.39 is 0 Å². The van der Waals surface area contributed by atoms with Crippen molar-refractivity contribution in [2.24, 2.45) is 17.6 Å². The van der Waals surface area contributed by atoms with E-state index in [0.29, 0.717) is 5.92 Å². The van der Waals surface area contributed by atoms with Crippen LogP contribution in [0.3, 0.4) is 0 Å². The first-order valence-corrected chi connectivity index (χ1v) is 7.41. The standard InChI is InChI=1S/C14H34N4/c1-5-13(2)11-17-7-9-18(8-6-16-4)12-14(3)10-15/h13-14,16-17H,5-12,15H2,1-4H3. The fourth-order valence-corrected chi connectivity index (χ4v) is 1.81. The van der Waals surface area contributed by atoms with Gasteiger partial charge in [0, 0.05) is 32.7 Å². The van der Waals surface area contributed by atoms with E-state index in [-0.39, 0.29) is 0 Å². The Morgan fingerprint density at radius 1 is 1.11 bits per heavy atom. The Labute approximate surface area is 114 Å². The van der Waals surface area contributed by atoms with Gasteiger partial charge in [0.05, 0.1) is 0 Å². The lowest BCUT2D eigenvalue weighted by atomic mass is 10.1. The number of nitrogens with one attached hydrogen (secondary N) is 2. The molecule has 0 radical (unpaired) electrons. The molecule has 0 aromatic carbocycles. The van der Waals surface area contributed by atoms with Crippen LogP contribution < -0.4 is 16.4 Å². The van der Waals surface area contributed by atoms with Crippen LogP contribution in [0, 0.1) is 11.8 Å². The van der Waals surface area contributed by atoms with Gasteiger partial charge in [-0.1, -0.05) is 27.2 Å². The number of nitrogens with zero attached hydrogens (tertiary/aromatic N) is 1. The summed E-state index contributed by atoms with van der Waals surface area (Å²) in [6.07, 6.45) is 1.25. The third-order valence-electron chi connectivity index (χ3n) is 3.44. The van der Waals surface area contributed by atoms with Gasteiger partial charge in [-0.2, -0.15) is 0 Å². The zero-order chi connectivity index (χ0) is 13.8. The predicted octanol–water partition coefficient (Wildman–Crippen LogP) is 0.738. The van der Waals surface area contributed by atoms with Gasteiger partial charge in [-0.15, -0.1) is 0 Å². The van der Waals surface area contributed by atoms with Crippen LogP contribution in [-0.4, -0.2) is 57.8 Å². The molecule has 0 bridgehead atoms. The SMILES string of the molecule is CCC(C)CNCCN(CCNC)CC(C)CN. The minimum atomic E-state index is 0.580. The molecule has 0 heterocycles. The minimum absolute atomic E-state index is 0.580. The quantitative estimate of drug-likeness (QED) is 0.452. The summed E-state index contributed by atoms with van der Waals surface area (Å²) in [7, 11) is 2.01. The van der Waals surface area contributed by atoms with Crippen LogP contribution in [0.15, 0.2) is 0 Å². The van der Waals surface area contributed by atoms with Crippen LogP contribution in [0.1, 0.15) is 27.2 Å². The molecule has 0 rings (SSSR count). The van der Waals surface area contributed by atoms with Crippen molar-refractivity contribution in [3.8, 4) is 0 Å². The van der Waals surface area contributed by atoms with E-state index in [4.69, 9.17) is 5.73 Å². The van der Waals surface area contributed by atoms with Crippen molar-refractivity contribution in [1.82, 2.24) is 15.5 Å². The molecule has 0 amide bonds. The first-order chi connectivity index (χ1) is 8.63. The van der Waals surface area contributed by atoms with Gasteiger partial charge in [0.25, 0.3) is 0 Å². The van der Waals surface area contributed by atoms with Crippen LogP contribution in [0.2, 0.25) is 0 Å². The van der Waals surface area contributed by atoms with E-state index >= 15 is 0 Å². The molecule has 2 unspecified atom stereocenters. The lowest BCUT2D eigenvalue weighted by Gasteiger charge is -2.25. The van der Waals surface area contributed by atoms with E-state index in [9.17, 15) is 0 Å². The normalized spacial score (nSPS) is 15.0. The van der Waals surface area contributed by atoms with Crippen LogP contribution in [0.5, 0.6) is 0 Å². The first kappa shape index (κ1) is 17.8. The summed E-state index contributed by atoms with van der Waals surface area (Å²) in [6, 6.07) is 0. The Kier molecular flexibility index (Phi) is 11.8. The lowest BCUT2D eigenvalue weighted by molar-refractivity contribution is 0.240. The summed E-state index contributed by atoms with van der Waals surface area (Å²) in [4.78, 5) is 2.50. The Balaban J connectivity index is 3.78. The molecule has 0 saturated carbocycles. The third-order valence-corrected chi connectivity index (χ3v) is 3.44. The van der Waals surface area contributed by atoms with Crippen molar-refractivity contribution in [1.29, 1.82) is 0 Å². The summed E-state index contributed by atoms with van der Waals surface area (Å²) in [6.45, 7) is 14.1. The van der Waals surface area contributed by atoms with Crippen LogP contribution in [0.4, 0.5) is 0 Å². The van der Waals surface area contributed by atoms with E-state index in [1.165, 1.54) is 6.42 Å². The summed E-state index contributed by atoms with van der Waals surface area (Å²) < 4.78 is 0. The summed E-state index contributed by atoms with van der Waals surface area (Å²) in [5.41, 5.74) is 5.70. The maximum Gasteiger partial charge on any atom is 0.0107 e. The van der Waals surface area contributed by atoms with Crippen molar-refractivity contribution in [3.05, 3.63) is 0 Å². The van der Waals surface area contributed by atoms with Crippen LogP contribution in [0.25, 0.3) is 0 Å². The smallest absolute Gasteiger partial charge is 0.0107 e. The van der Waals surface area contributed by atoms with Crippen molar-refractivity contribution in [3.63, 3.8) is 0 Å². The van der Waals surface area contributed by atoms with Crippen molar-refractivity contribution < 1.29 is 0 Å². The zero-order valence-corrected chi connectivity index (χ0v) is 12.8. The zero-order valence-electron chi connectivity index (χ0n) is 12.8. The van der Waals surface area contributed by atoms with Gasteiger partial charge >= 0.3 is 0 Å². The molecule has 4 N–H and O–H groups in total. The second-order valence-electron chi connectivity index (χ2n) is 5.46. The predicted molar refractivity (Wildman–Crippen MR) is 80.9 cm³/mol. The Hall–Kier alpha value is -0.160. The minimum Gasteiger partial charge on any atom is -0.330 e. The molecule has 4 nitrogen and oxygen atoms in total. The molecule has 0 aliphatic heterocycles. The van der Waals surface area contributed by atoms with Gasteiger partial charge in [0.2, 0.25) is 0 Å². The monoisotopic (exact) mass is 258 g/mol. The highest BCUT2D eigenvalue weighted by Gasteiger charge is 2.08. The van der Waals surface area contributed by atoms with Crippen LogP contribution in [-0.2, 0) is 0 Å². The highest BCUT2D eigenvalue weighted by Crippen LogP contribution is 1.99. The average molecular weight is 258 g/mol. The molecule has 18 heavy (non-hydrogen) atoms. The van der Waals surface area contributed by atoms with Gasteiger partial charge in [-0.3, -0.25) is 0 Å². The molecule has 0 aliphatic carbocycles. The third kappa shape index (κ3) is 9.83. The molecule has 110 valence electrons. The number of hydrogen-bond donors (Lipinski definition) is 3. The largest absolute Gasteiger partial charge is 0.330 e. The molecule has 4 heteroatoms. The molecule has 2 atom stereocenters. The van der Waals surface area contributed by atoms with Gasteiger partial charge in [0.1, 0.15) is 0 Å². The molecular weight excluding hydrogens is 224 g/mol. The van der Waals surface area contributed by atoms with Gasteiger partial charge in [-0.05, 0) is 32.0 Å². The fourth-order valence-electron chi connectivity index (χ4n) is 1.81. The van der Waals surface area contributed by atoms with Crippen molar-refractivity contribution in [2.45, 2.75) is 27.2 Å². The molecule has 0 fully saturated rings. The average Bonchev–Trinajstić information content (AvgIpc) is 2.39. The number of hydrogen-bond acceptors (Lipinski definition) is 4. The van der Waals surface area contributed by atoms with Gasteiger partial charge in [-0.25, -0.2) is 0 Å². The maximum atomic E-state index is 5.70. The lowest BCUT2D eigenvalue weighted by Crippen LogP contribution is -2.40. The summed E-state index contributed by atoms with van der Waals surface area (Å²) in [5, 5.41) is 6.75. The van der Waals surface area contributed by atoms with E-state index in [0.717, 1.165) is 51.7 Å². The molecular formula is C14H34N4. The topological polar surface area (TPSA) is 53.3 Å². The summed E-state index contributed by atoms with van der Waals surface area (Å²) >= 11 is 0. The second kappa shape index (κ2) is 11.9. The molecule has 0 spiro atoms. The highest BCUT2D eigenvalue weighted by molar-refractivity contribution is 4.66. The molecule has 0 aliphatic rings. The van der Waals surface area contributed by atoms with Gasteiger partial charge in [0.15, 0.2) is 0 Å². The van der Waals surface area contributed by atoms with E-state index in [1.54, 1.807) is 0 Å². The summed E-state index contributed by atoms with van der Waals surface area (Å²) in [5.74, 6) is 1.36. The van der Waals surface area contributed by atoms with Gasteiger partial charge < -0.3 is 21.3 Å². The van der Waals surface area contributed by atoms with E-state index in [2.05, 4.69) is 36.3 Å². The van der Waals surface area contributed by atoms with Crippen LogP contribution >= 0.6 is 0 Å². The fraction of sp³-hybridized carbons (Fsp3) is 1.00. The molecule has 0 aromatic heterocycles. The molecule has 0 saturated heterocycles. The van der Waals surface area contributed by atoms with Crippen molar-refractivity contribution >= 4 is 0 Å². The number of nitrogens with two attached hydrogens (primary N) is 1. The first-order valence-electron chi connectivity index (χ1n) is 7.41. The number of rotatable bonds is 12. The molecule has 0 aromatic rings. The number of likely N-dealkylation sites (N-methyl/N-ethyl adjacent to an activating group) is 1. The maximum absolute atomic E-state index is 5.70. The Morgan fingerprint density at radius 3 is 2.33 bits per heavy atom. The van der Waals surface area contributed by atoms with E-state index in [1.807, 2.05) is 7.05 Å². The second-order valence-corrected chi connectivity index (χ2v) is 5.46. The highest BCUT2D eigenvalue weighted by atomic mass is 15.1.